The Hall–Kier alpha value is -1.04. The molecule has 4 nitrogen and oxygen atoms in total. The fourth-order valence-corrected chi connectivity index (χ4v) is 3.32. The number of thioether (sulfide) groups is 1. The molecule has 122 valence electrons. The normalized spacial score (nSPS) is 20.0. The Labute approximate surface area is 137 Å². The molecule has 1 fully saturated rings. The lowest BCUT2D eigenvalue weighted by atomic mass is 9.99. The Kier molecular flexibility index (Phi) is 6.29. The van der Waals surface area contributed by atoms with Crippen LogP contribution in [0.3, 0.4) is 0 Å². The minimum atomic E-state index is -0.398. The number of nitrogens with two attached hydrogens (primary N) is 1. The van der Waals surface area contributed by atoms with E-state index in [0.717, 1.165) is 12.2 Å². The van der Waals surface area contributed by atoms with Gasteiger partial charge in [-0.05, 0) is 43.4 Å². The van der Waals surface area contributed by atoms with Gasteiger partial charge in [0, 0.05) is 6.54 Å². The number of nitrogens with zero attached hydrogens (tertiary/aromatic N) is 1. The van der Waals surface area contributed by atoms with Crippen LogP contribution in [0.15, 0.2) is 18.2 Å². The van der Waals surface area contributed by atoms with Gasteiger partial charge in [-0.2, -0.15) is 11.8 Å². The van der Waals surface area contributed by atoms with Crippen LogP contribution in [0.5, 0.6) is 0 Å². The number of hydrogen-bond acceptors (Lipinski definition) is 4. The van der Waals surface area contributed by atoms with Gasteiger partial charge >= 0.3 is 0 Å². The maximum Gasteiger partial charge on any atom is 0.239 e. The number of amides is 1. The molecule has 1 aromatic carbocycles. The number of carbonyl (C=O) groups is 1. The number of hydrogen-bond donors (Lipinski definition) is 1. The quantitative estimate of drug-likeness (QED) is 0.903. The van der Waals surface area contributed by atoms with Gasteiger partial charge in [-0.25, -0.2) is 0 Å². The summed E-state index contributed by atoms with van der Waals surface area (Å²) < 4.78 is 5.89. The molecule has 1 aliphatic heterocycles. The molecule has 1 unspecified atom stereocenters. The maximum atomic E-state index is 12.5. The number of carbonyl (C=O) groups excluding carboxylic acids is 1. The van der Waals surface area contributed by atoms with Gasteiger partial charge in [-0.3, -0.25) is 4.79 Å². The van der Waals surface area contributed by atoms with Crippen molar-refractivity contribution in [3.63, 3.8) is 0 Å². The second-order valence-corrected chi connectivity index (χ2v) is 6.88. The topological polar surface area (TPSA) is 55.6 Å². The predicted octanol–water partition coefficient (Wildman–Crippen LogP) is 2.28. The molecule has 1 heterocycles. The average molecular weight is 322 g/mol. The van der Waals surface area contributed by atoms with Crippen molar-refractivity contribution < 1.29 is 9.53 Å². The van der Waals surface area contributed by atoms with Crippen molar-refractivity contribution in [2.75, 3.05) is 31.7 Å². The van der Waals surface area contributed by atoms with E-state index in [2.05, 4.69) is 32.0 Å². The van der Waals surface area contributed by atoms with E-state index < -0.39 is 6.04 Å². The SMILES string of the molecule is CSCC[C@H](N)C(=O)N1CCOC(c2ccc(C)cc2C)C1. The van der Waals surface area contributed by atoms with E-state index in [1.165, 1.54) is 16.7 Å². The van der Waals surface area contributed by atoms with Crippen LogP contribution in [0.4, 0.5) is 0 Å². The summed E-state index contributed by atoms with van der Waals surface area (Å²) in [6.45, 7) is 5.97. The summed E-state index contributed by atoms with van der Waals surface area (Å²) in [4.78, 5) is 14.3. The molecule has 0 saturated carbocycles. The van der Waals surface area contributed by atoms with Crippen LogP contribution in [-0.2, 0) is 9.53 Å². The first kappa shape index (κ1) is 17.3. The highest BCUT2D eigenvalue weighted by atomic mass is 32.2. The molecule has 1 aliphatic rings. The summed E-state index contributed by atoms with van der Waals surface area (Å²) in [5.41, 5.74) is 9.64. The standard InChI is InChI=1S/C17H26N2O2S/c1-12-4-5-14(13(2)10-12)16-11-19(7-8-21-16)17(20)15(18)6-9-22-3/h4-5,10,15-16H,6-9,11,18H2,1-3H3/t15-,16?/m0/s1. The van der Waals surface area contributed by atoms with Gasteiger partial charge in [0.15, 0.2) is 0 Å². The van der Waals surface area contributed by atoms with Gasteiger partial charge in [-0.1, -0.05) is 23.8 Å². The first-order valence-electron chi connectivity index (χ1n) is 7.75. The molecule has 0 bridgehead atoms. The number of ether oxygens (including phenoxy) is 1. The van der Waals surface area contributed by atoms with Crippen LogP contribution in [0.25, 0.3) is 0 Å². The van der Waals surface area contributed by atoms with Crippen LogP contribution >= 0.6 is 11.8 Å². The Bertz CT molecular complexity index is 521. The summed E-state index contributed by atoms with van der Waals surface area (Å²) in [5.74, 6) is 0.963. The third-order valence-electron chi connectivity index (χ3n) is 4.10. The molecule has 22 heavy (non-hydrogen) atoms. The minimum Gasteiger partial charge on any atom is -0.370 e. The highest BCUT2D eigenvalue weighted by Crippen LogP contribution is 2.26. The van der Waals surface area contributed by atoms with E-state index in [1.54, 1.807) is 11.8 Å². The first-order chi connectivity index (χ1) is 10.5. The van der Waals surface area contributed by atoms with E-state index in [0.29, 0.717) is 19.7 Å². The average Bonchev–Trinajstić information content (AvgIpc) is 2.52. The summed E-state index contributed by atoms with van der Waals surface area (Å²) in [6, 6.07) is 5.96. The number of aryl methyl sites for hydroxylation is 2. The summed E-state index contributed by atoms with van der Waals surface area (Å²) >= 11 is 1.72. The number of morpholine rings is 1. The summed E-state index contributed by atoms with van der Waals surface area (Å²) in [5, 5.41) is 0. The minimum absolute atomic E-state index is 0.0483. The fourth-order valence-electron chi connectivity index (χ4n) is 2.83. The lowest BCUT2D eigenvalue weighted by Crippen LogP contribution is -2.49. The number of rotatable bonds is 5. The Balaban J connectivity index is 2.03. The predicted molar refractivity (Wildman–Crippen MR) is 92.2 cm³/mol. The zero-order valence-electron chi connectivity index (χ0n) is 13.7. The monoisotopic (exact) mass is 322 g/mol. The Morgan fingerprint density at radius 2 is 2.27 bits per heavy atom. The molecule has 0 radical (unpaired) electrons. The second kappa shape index (κ2) is 7.99. The van der Waals surface area contributed by atoms with Crippen LogP contribution in [0, 0.1) is 13.8 Å². The zero-order valence-corrected chi connectivity index (χ0v) is 14.5. The highest BCUT2D eigenvalue weighted by Gasteiger charge is 2.28. The van der Waals surface area contributed by atoms with Crippen molar-refractivity contribution in [2.24, 2.45) is 5.73 Å². The van der Waals surface area contributed by atoms with Crippen LogP contribution in [-0.4, -0.2) is 48.6 Å². The summed E-state index contributed by atoms with van der Waals surface area (Å²) in [7, 11) is 0. The van der Waals surface area contributed by atoms with Crippen molar-refractivity contribution in [3.8, 4) is 0 Å². The van der Waals surface area contributed by atoms with Gasteiger partial charge in [0.25, 0.3) is 0 Å². The van der Waals surface area contributed by atoms with E-state index in [1.807, 2.05) is 11.2 Å². The van der Waals surface area contributed by atoms with Gasteiger partial charge < -0.3 is 15.4 Å². The molecule has 1 saturated heterocycles. The van der Waals surface area contributed by atoms with E-state index >= 15 is 0 Å². The highest BCUT2D eigenvalue weighted by molar-refractivity contribution is 7.98. The van der Waals surface area contributed by atoms with Crippen molar-refractivity contribution in [1.29, 1.82) is 0 Å². The molecular formula is C17H26N2O2S. The van der Waals surface area contributed by atoms with Gasteiger partial charge in [0.2, 0.25) is 5.91 Å². The lowest BCUT2D eigenvalue weighted by molar-refractivity contribution is -0.140. The maximum absolute atomic E-state index is 12.5. The van der Waals surface area contributed by atoms with E-state index in [-0.39, 0.29) is 12.0 Å². The smallest absolute Gasteiger partial charge is 0.239 e. The van der Waals surface area contributed by atoms with Crippen molar-refractivity contribution in [3.05, 3.63) is 34.9 Å². The van der Waals surface area contributed by atoms with E-state index in [9.17, 15) is 4.79 Å². The van der Waals surface area contributed by atoms with Crippen molar-refractivity contribution in [2.45, 2.75) is 32.4 Å². The lowest BCUT2D eigenvalue weighted by Gasteiger charge is -2.35. The van der Waals surface area contributed by atoms with E-state index in [4.69, 9.17) is 10.5 Å². The Morgan fingerprint density at radius 3 is 2.95 bits per heavy atom. The Morgan fingerprint density at radius 1 is 1.50 bits per heavy atom. The first-order valence-corrected chi connectivity index (χ1v) is 9.14. The summed E-state index contributed by atoms with van der Waals surface area (Å²) in [6.07, 6.45) is 2.71. The third kappa shape index (κ3) is 4.24. The van der Waals surface area contributed by atoms with Crippen LogP contribution in [0.2, 0.25) is 0 Å². The van der Waals surface area contributed by atoms with Crippen molar-refractivity contribution in [1.82, 2.24) is 4.90 Å². The molecule has 2 rings (SSSR count). The largest absolute Gasteiger partial charge is 0.370 e. The van der Waals surface area contributed by atoms with Gasteiger partial charge in [0.1, 0.15) is 6.10 Å². The molecule has 0 spiro atoms. The molecule has 0 aromatic heterocycles. The fraction of sp³-hybridized carbons (Fsp3) is 0.588. The van der Waals surface area contributed by atoms with Gasteiger partial charge in [-0.15, -0.1) is 0 Å². The number of benzene rings is 1. The second-order valence-electron chi connectivity index (χ2n) is 5.89. The van der Waals surface area contributed by atoms with Crippen molar-refractivity contribution >= 4 is 17.7 Å². The molecule has 1 aromatic rings. The molecule has 0 aliphatic carbocycles. The van der Waals surface area contributed by atoms with Crippen LogP contribution < -0.4 is 5.73 Å². The molecule has 2 N–H and O–H groups in total. The molecule has 1 amide bonds. The molecule has 2 atom stereocenters. The third-order valence-corrected chi connectivity index (χ3v) is 4.74. The van der Waals surface area contributed by atoms with Crippen LogP contribution in [0.1, 0.15) is 29.2 Å². The van der Waals surface area contributed by atoms with Gasteiger partial charge in [0.05, 0.1) is 19.2 Å². The molecular weight excluding hydrogens is 296 g/mol. The zero-order chi connectivity index (χ0) is 16.1. The molecule has 5 heteroatoms.